The van der Waals surface area contributed by atoms with Crippen LogP contribution in [0.5, 0.6) is 5.75 Å². The fourth-order valence-corrected chi connectivity index (χ4v) is 2.37. The molecule has 0 amide bonds. The highest BCUT2D eigenvalue weighted by atomic mass is 16.5. The number of methoxy groups -OCH3 is 1. The lowest BCUT2D eigenvalue weighted by Crippen LogP contribution is -2.37. The molecule has 3 N–H and O–H groups in total. The van der Waals surface area contributed by atoms with Crippen LogP contribution in [0.3, 0.4) is 0 Å². The van der Waals surface area contributed by atoms with Crippen molar-refractivity contribution >= 4 is 11.0 Å². The Morgan fingerprint density at radius 3 is 2.70 bits per heavy atom. The molecule has 110 valence electrons. The molecule has 0 saturated heterocycles. The van der Waals surface area contributed by atoms with Crippen molar-refractivity contribution in [1.29, 1.82) is 0 Å². The second-order valence-electron chi connectivity index (χ2n) is 5.72. The molecule has 2 aromatic rings. The maximum Gasteiger partial charge on any atom is 0.121 e. The Balaban J connectivity index is 2.55. The third-order valence-corrected chi connectivity index (χ3v) is 3.46. The quantitative estimate of drug-likeness (QED) is 0.875. The topological polar surface area (TPSA) is 73.3 Å². The standard InChI is InChI=1S/C15H23N3O2/c1-10(2)18-13-6-5-11(20-4)7-12(13)17-14(18)8-15(3,19)9-16/h5-7,10,19H,8-9,16H2,1-4H3. The minimum absolute atomic E-state index is 0.206. The summed E-state index contributed by atoms with van der Waals surface area (Å²) >= 11 is 0. The van der Waals surface area contributed by atoms with Crippen LogP contribution in [0.4, 0.5) is 0 Å². The van der Waals surface area contributed by atoms with E-state index >= 15 is 0 Å². The molecule has 0 fully saturated rings. The van der Waals surface area contributed by atoms with Crippen LogP contribution in [0, 0.1) is 0 Å². The van der Waals surface area contributed by atoms with E-state index in [1.165, 1.54) is 0 Å². The van der Waals surface area contributed by atoms with Gasteiger partial charge in [-0.05, 0) is 32.9 Å². The molecule has 5 nitrogen and oxygen atoms in total. The molecule has 0 spiro atoms. The minimum Gasteiger partial charge on any atom is -0.497 e. The molecule has 1 heterocycles. The van der Waals surface area contributed by atoms with Gasteiger partial charge in [-0.15, -0.1) is 0 Å². The lowest BCUT2D eigenvalue weighted by molar-refractivity contribution is 0.0665. The number of aliphatic hydroxyl groups is 1. The lowest BCUT2D eigenvalue weighted by Gasteiger charge is -2.22. The van der Waals surface area contributed by atoms with Gasteiger partial charge in [0.2, 0.25) is 0 Å². The molecule has 0 aliphatic rings. The lowest BCUT2D eigenvalue weighted by atomic mass is 10.0. The SMILES string of the molecule is COc1ccc2c(c1)nc(CC(C)(O)CN)n2C(C)C. The van der Waals surface area contributed by atoms with E-state index in [0.29, 0.717) is 6.42 Å². The Labute approximate surface area is 119 Å². The molecule has 0 saturated carbocycles. The fourth-order valence-electron chi connectivity index (χ4n) is 2.37. The number of fused-ring (bicyclic) bond motifs is 1. The summed E-state index contributed by atoms with van der Waals surface area (Å²) in [5.74, 6) is 1.63. The molecule has 1 unspecified atom stereocenters. The van der Waals surface area contributed by atoms with Gasteiger partial charge in [-0.25, -0.2) is 4.98 Å². The van der Waals surface area contributed by atoms with E-state index in [0.717, 1.165) is 22.6 Å². The molecular formula is C15H23N3O2. The predicted octanol–water partition coefficient (Wildman–Crippen LogP) is 1.88. The number of rotatable bonds is 5. The molecule has 20 heavy (non-hydrogen) atoms. The Bertz CT molecular complexity index is 602. The molecular weight excluding hydrogens is 254 g/mol. The van der Waals surface area contributed by atoms with Crippen molar-refractivity contribution in [2.24, 2.45) is 5.73 Å². The van der Waals surface area contributed by atoms with E-state index in [1.54, 1.807) is 14.0 Å². The van der Waals surface area contributed by atoms with Crippen molar-refractivity contribution in [2.45, 2.75) is 38.8 Å². The highest BCUT2D eigenvalue weighted by molar-refractivity contribution is 5.78. The highest BCUT2D eigenvalue weighted by Crippen LogP contribution is 2.26. The summed E-state index contributed by atoms with van der Waals surface area (Å²) in [5.41, 5.74) is 6.59. The van der Waals surface area contributed by atoms with Gasteiger partial charge in [-0.3, -0.25) is 0 Å². The third-order valence-electron chi connectivity index (χ3n) is 3.46. The average Bonchev–Trinajstić information content (AvgIpc) is 2.74. The highest BCUT2D eigenvalue weighted by Gasteiger charge is 2.24. The first-order chi connectivity index (χ1) is 9.38. The van der Waals surface area contributed by atoms with Crippen molar-refractivity contribution in [1.82, 2.24) is 9.55 Å². The zero-order chi connectivity index (χ0) is 14.9. The molecule has 2 rings (SSSR count). The summed E-state index contributed by atoms with van der Waals surface area (Å²) in [5, 5.41) is 10.2. The smallest absolute Gasteiger partial charge is 0.121 e. The Hall–Kier alpha value is -1.59. The first-order valence-electron chi connectivity index (χ1n) is 6.85. The first kappa shape index (κ1) is 14.8. The van der Waals surface area contributed by atoms with Gasteiger partial charge in [0.05, 0.1) is 23.7 Å². The van der Waals surface area contributed by atoms with Crippen LogP contribution in [0.25, 0.3) is 11.0 Å². The summed E-state index contributed by atoms with van der Waals surface area (Å²) in [4.78, 5) is 4.64. The number of ether oxygens (including phenoxy) is 1. The van der Waals surface area contributed by atoms with Gasteiger partial charge < -0.3 is 20.1 Å². The van der Waals surface area contributed by atoms with E-state index in [4.69, 9.17) is 10.5 Å². The van der Waals surface area contributed by atoms with Crippen LogP contribution in [-0.2, 0) is 6.42 Å². The van der Waals surface area contributed by atoms with Crippen LogP contribution in [0.1, 0.15) is 32.6 Å². The summed E-state index contributed by atoms with van der Waals surface area (Å²) in [7, 11) is 1.64. The number of imidazole rings is 1. The molecule has 1 atom stereocenters. The predicted molar refractivity (Wildman–Crippen MR) is 80.1 cm³/mol. The van der Waals surface area contributed by atoms with Gasteiger partial charge >= 0.3 is 0 Å². The van der Waals surface area contributed by atoms with Crippen LogP contribution in [-0.4, -0.2) is 33.9 Å². The summed E-state index contributed by atoms with van der Waals surface area (Å²) < 4.78 is 7.37. The maximum absolute atomic E-state index is 10.2. The summed E-state index contributed by atoms with van der Waals surface area (Å²) in [6.45, 7) is 6.15. The second kappa shape index (κ2) is 5.42. The van der Waals surface area contributed by atoms with E-state index in [9.17, 15) is 5.11 Å². The molecule has 1 aromatic heterocycles. The maximum atomic E-state index is 10.2. The van der Waals surface area contributed by atoms with Gasteiger partial charge in [0, 0.05) is 25.1 Å². The molecule has 0 radical (unpaired) electrons. The monoisotopic (exact) mass is 277 g/mol. The molecule has 5 heteroatoms. The zero-order valence-corrected chi connectivity index (χ0v) is 12.6. The van der Waals surface area contributed by atoms with Crippen molar-refractivity contribution in [3.05, 3.63) is 24.0 Å². The van der Waals surface area contributed by atoms with Gasteiger partial charge in [0.25, 0.3) is 0 Å². The second-order valence-corrected chi connectivity index (χ2v) is 5.72. The zero-order valence-electron chi connectivity index (χ0n) is 12.6. The minimum atomic E-state index is -0.946. The fraction of sp³-hybridized carbons (Fsp3) is 0.533. The van der Waals surface area contributed by atoms with Crippen molar-refractivity contribution < 1.29 is 9.84 Å². The molecule has 0 aliphatic heterocycles. The Kier molecular flexibility index (Phi) is 4.01. The van der Waals surface area contributed by atoms with Crippen LogP contribution in [0.2, 0.25) is 0 Å². The Morgan fingerprint density at radius 2 is 2.15 bits per heavy atom. The number of aromatic nitrogens is 2. The largest absolute Gasteiger partial charge is 0.497 e. The van der Waals surface area contributed by atoms with E-state index in [2.05, 4.69) is 23.4 Å². The van der Waals surface area contributed by atoms with E-state index in [-0.39, 0.29) is 12.6 Å². The van der Waals surface area contributed by atoms with Crippen molar-refractivity contribution in [2.75, 3.05) is 13.7 Å². The summed E-state index contributed by atoms with van der Waals surface area (Å²) in [6, 6.07) is 6.10. The summed E-state index contributed by atoms with van der Waals surface area (Å²) in [6.07, 6.45) is 0.429. The molecule has 0 aliphatic carbocycles. The van der Waals surface area contributed by atoms with Gasteiger partial charge in [0.1, 0.15) is 11.6 Å². The van der Waals surface area contributed by atoms with Crippen LogP contribution in [0.15, 0.2) is 18.2 Å². The van der Waals surface area contributed by atoms with E-state index < -0.39 is 5.60 Å². The normalized spacial score (nSPS) is 14.8. The third kappa shape index (κ3) is 2.78. The van der Waals surface area contributed by atoms with Crippen LogP contribution >= 0.6 is 0 Å². The number of nitrogens with zero attached hydrogens (tertiary/aromatic N) is 2. The Morgan fingerprint density at radius 1 is 1.45 bits per heavy atom. The van der Waals surface area contributed by atoms with Crippen LogP contribution < -0.4 is 10.5 Å². The first-order valence-corrected chi connectivity index (χ1v) is 6.85. The van der Waals surface area contributed by atoms with Crippen molar-refractivity contribution in [3.63, 3.8) is 0 Å². The van der Waals surface area contributed by atoms with Crippen molar-refractivity contribution in [3.8, 4) is 5.75 Å². The number of hydrogen-bond acceptors (Lipinski definition) is 4. The molecule has 1 aromatic carbocycles. The number of hydrogen-bond donors (Lipinski definition) is 2. The average molecular weight is 277 g/mol. The number of nitrogens with two attached hydrogens (primary N) is 1. The van der Waals surface area contributed by atoms with Gasteiger partial charge in [0.15, 0.2) is 0 Å². The van der Waals surface area contributed by atoms with E-state index in [1.807, 2.05) is 18.2 Å². The number of benzene rings is 1. The van der Waals surface area contributed by atoms with Gasteiger partial charge in [-0.1, -0.05) is 0 Å². The van der Waals surface area contributed by atoms with Gasteiger partial charge in [-0.2, -0.15) is 0 Å². The molecule has 0 bridgehead atoms.